The summed E-state index contributed by atoms with van der Waals surface area (Å²) in [7, 11) is 0. The fraction of sp³-hybridized carbons (Fsp3) is 0.875. The van der Waals surface area contributed by atoms with Crippen molar-refractivity contribution < 1.29 is 14.7 Å². The van der Waals surface area contributed by atoms with Crippen LogP contribution >= 0.6 is 0 Å². The van der Waals surface area contributed by atoms with E-state index in [-0.39, 0.29) is 11.9 Å². The summed E-state index contributed by atoms with van der Waals surface area (Å²) in [6, 6.07) is 0.252. The number of hydrogen-bond donors (Lipinski definition) is 2. The highest BCUT2D eigenvalue weighted by molar-refractivity contribution is 5.87. The van der Waals surface area contributed by atoms with Crippen LogP contribution in [0.1, 0.15) is 46.5 Å². The lowest BCUT2D eigenvalue weighted by molar-refractivity contribution is -0.133. The molecule has 22 heavy (non-hydrogen) atoms. The average Bonchev–Trinajstić information content (AvgIpc) is 2.80. The van der Waals surface area contributed by atoms with Crippen LogP contribution in [0.2, 0.25) is 0 Å². The van der Waals surface area contributed by atoms with Gasteiger partial charge < -0.3 is 20.2 Å². The summed E-state index contributed by atoms with van der Waals surface area (Å²) in [6.45, 7) is 9.36. The SMILES string of the molecule is CCC[C@@H]1CN(C(C)C)CC[C@@H]1N1CC[C@H](NC(=O)O)C1=O. The molecule has 0 aromatic rings. The van der Waals surface area contributed by atoms with Crippen LogP contribution in [0.15, 0.2) is 0 Å². The van der Waals surface area contributed by atoms with Gasteiger partial charge in [-0.3, -0.25) is 4.79 Å². The Kier molecular flexibility index (Phi) is 5.67. The molecular formula is C16H29N3O3. The molecule has 2 saturated heterocycles. The molecule has 0 aliphatic carbocycles. The van der Waals surface area contributed by atoms with E-state index in [4.69, 9.17) is 5.11 Å². The first-order chi connectivity index (χ1) is 10.4. The van der Waals surface area contributed by atoms with Gasteiger partial charge in [-0.1, -0.05) is 13.3 Å². The minimum atomic E-state index is -1.11. The van der Waals surface area contributed by atoms with Crippen LogP contribution in [0.25, 0.3) is 0 Å². The number of amides is 2. The number of nitrogens with zero attached hydrogens (tertiary/aromatic N) is 2. The van der Waals surface area contributed by atoms with Crippen molar-refractivity contribution in [2.45, 2.75) is 64.6 Å². The Morgan fingerprint density at radius 2 is 2.09 bits per heavy atom. The molecule has 0 radical (unpaired) electrons. The van der Waals surface area contributed by atoms with Gasteiger partial charge >= 0.3 is 6.09 Å². The fourth-order valence-electron chi connectivity index (χ4n) is 3.90. The summed E-state index contributed by atoms with van der Waals surface area (Å²) in [5.74, 6) is 0.458. The monoisotopic (exact) mass is 311 g/mol. The first-order valence-electron chi connectivity index (χ1n) is 8.48. The molecule has 0 unspecified atom stereocenters. The van der Waals surface area contributed by atoms with Crippen molar-refractivity contribution >= 4 is 12.0 Å². The number of carbonyl (C=O) groups excluding carboxylic acids is 1. The van der Waals surface area contributed by atoms with E-state index in [1.54, 1.807) is 0 Å². The highest BCUT2D eigenvalue weighted by atomic mass is 16.4. The average molecular weight is 311 g/mol. The zero-order chi connectivity index (χ0) is 16.3. The first-order valence-corrected chi connectivity index (χ1v) is 8.48. The molecule has 0 bridgehead atoms. The quantitative estimate of drug-likeness (QED) is 0.811. The van der Waals surface area contributed by atoms with Crippen LogP contribution in [0.4, 0.5) is 4.79 Å². The molecule has 2 heterocycles. The molecule has 2 amide bonds. The second-order valence-electron chi connectivity index (χ2n) is 6.82. The minimum Gasteiger partial charge on any atom is -0.465 e. The van der Waals surface area contributed by atoms with Crippen LogP contribution in [0.3, 0.4) is 0 Å². The maximum Gasteiger partial charge on any atom is 0.405 e. The Balaban J connectivity index is 2.03. The van der Waals surface area contributed by atoms with Gasteiger partial charge in [0.25, 0.3) is 0 Å². The van der Waals surface area contributed by atoms with Gasteiger partial charge in [-0.25, -0.2) is 4.79 Å². The second kappa shape index (κ2) is 7.31. The molecule has 6 nitrogen and oxygen atoms in total. The van der Waals surface area contributed by atoms with Crippen molar-refractivity contribution in [2.75, 3.05) is 19.6 Å². The van der Waals surface area contributed by atoms with Gasteiger partial charge in [0.05, 0.1) is 0 Å². The van der Waals surface area contributed by atoms with E-state index in [1.165, 1.54) is 0 Å². The summed E-state index contributed by atoms with van der Waals surface area (Å²) in [5, 5.41) is 11.2. The van der Waals surface area contributed by atoms with Gasteiger partial charge in [0.1, 0.15) is 6.04 Å². The van der Waals surface area contributed by atoms with Crippen molar-refractivity contribution in [1.82, 2.24) is 15.1 Å². The molecule has 0 saturated carbocycles. The summed E-state index contributed by atoms with van der Waals surface area (Å²) in [5.41, 5.74) is 0. The number of carboxylic acid groups (broad SMARTS) is 1. The van der Waals surface area contributed by atoms with Crippen LogP contribution in [0, 0.1) is 5.92 Å². The Morgan fingerprint density at radius 1 is 1.36 bits per heavy atom. The van der Waals surface area contributed by atoms with Crippen molar-refractivity contribution in [3.63, 3.8) is 0 Å². The summed E-state index contributed by atoms with van der Waals surface area (Å²) in [6.07, 6.45) is 2.71. The predicted molar refractivity (Wildman–Crippen MR) is 84.8 cm³/mol. The molecule has 0 aromatic carbocycles. The van der Waals surface area contributed by atoms with Crippen molar-refractivity contribution in [3.05, 3.63) is 0 Å². The zero-order valence-corrected chi connectivity index (χ0v) is 13.9. The molecule has 2 N–H and O–H groups in total. The number of nitrogens with one attached hydrogen (secondary N) is 1. The molecular weight excluding hydrogens is 282 g/mol. The van der Waals surface area contributed by atoms with E-state index in [1.807, 2.05) is 4.90 Å². The largest absolute Gasteiger partial charge is 0.465 e. The number of carbonyl (C=O) groups is 2. The van der Waals surface area contributed by atoms with Gasteiger partial charge in [-0.2, -0.15) is 0 Å². The molecule has 2 rings (SSSR count). The van der Waals surface area contributed by atoms with Gasteiger partial charge in [0.15, 0.2) is 0 Å². The van der Waals surface area contributed by atoms with Crippen molar-refractivity contribution in [2.24, 2.45) is 5.92 Å². The Labute approximate surface area is 132 Å². The van der Waals surface area contributed by atoms with Gasteiger partial charge in [0.2, 0.25) is 5.91 Å². The minimum absolute atomic E-state index is 0.0356. The molecule has 3 atom stereocenters. The van der Waals surface area contributed by atoms with Gasteiger partial charge in [-0.15, -0.1) is 0 Å². The van der Waals surface area contributed by atoms with E-state index >= 15 is 0 Å². The topological polar surface area (TPSA) is 72.9 Å². The van der Waals surface area contributed by atoms with Crippen LogP contribution < -0.4 is 5.32 Å². The Bertz CT molecular complexity index is 413. The maximum atomic E-state index is 12.5. The lowest BCUT2D eigenvalue weighted by Gasteiger charge is -2.44. The molecule has 2 aliphatic rings. The number of hydrogen-bond acceptors (Lipinski definition) is 3. The highest BCUT2D eigenvalue weighted by Crippen LogP contribution is 2.30. The molecule has 6 heteroatoms. The number of likely N-dealkylation sites (tertiary alicyclic amines) is 2. The molecule has 2 fully saturated rings. The van der Waals surface area contributed by atoms with E-state index in [0.717, 1.165) is 32.4 Å². The second-order valence-corrected chi connectivity index (χ2v) is 6.82. The van der Waals surface area contributed by atoms with Crippen molar-refractivity contribution in [1.29, 1.82) is 0 Å². The van der Waals surface area contributed by atoms with E-state index in [9.17, 15) is 9.59 Å². The van der Waals surface area contributed by atoms with Gasteiger partial charge in [-0.05, 0) is 39.0 Å². The molecule has 126 valence electrons. The van der Waals surface area contributed by atoms with Crippen LogP contribution in [-0.2, 0) is 4.79 Å². The lowest BCUT2D eigenvalue weighted by atomic mass is 9.86. The zero-order valence-electron chi connectivity index (χ0n) is 13.9. The van der Waals surface area contributed by atoms with E-state index in [2.05, 4.69) is 31.0 Å². The lowest BCUT2D eigenvalue weighted by Crippen LogP contribution is -2.54. The third-order valence-electron chi connectivity index (χ3n) is 5.05. The Morgan fingerprint density at radius 3 is 2.68 bits per heavy atom. The van der Waals surface area contributed by atoms with Crippen LogP contribution in [-0.4, -0.2) is 64.7 Å². The summed E-state index contributed by atoms with van der Waals surface area (Å²) in [4.78, 5) is 27.7. The van der Waals surface area contributed by atoms with Gasteiger partial charge in [0, 0.05) is 31.7 Å². The number of piperidine rings is 1. The molecule has 0 aromatic heterocycles. The summed E-state index contributed by atoms with van der Waals surface area (Å²) < 4.78 is 0. The fourth-order valence-corrected chi connectivity index (χ4v) is 3.90. The third-order valence-corrected chi connectivity index (χ3v) is 5.05. The molecule has 0 spiro atoms. The standard InChI is InChI=1S/C16H29N3O3/c1-4-5-12-10-18(11(2)3)8-7-14(12)19-9-6-13(15(19)20)17-16(21)22/h11-14,17H,4-10H2,1-3H3,(H,21,22)/t12-,13+,14+/m1/s1. The highest BCUT2D eigenvalue weighted by Gasteiger charge is 2.41. The predicted octanol–water partition coefficient (Wildman–Crippen LogP) is 1.75. The number of rotatable bonds is 5. The van der Waals surface area contributed by atoms with E-state index < -0.39 is 12.1 Å². The smallest absolute Gasteiger partial charge is 0.405 e. The van der Waals surface area contributed by atoms with E-state index in [0.29, 0.717) is 24.9 Å². The van der Waals surface area contributed by atoms with Crippen molar-refractivity contribution in [3.8, 4) is 0 Å². The summed E-state index contributed by atoms with van der Waals surface area (Å²) >= 11 is 0. The molecule has 2 aliphatic heterocycles. The normalized spacial score (nSPS) is 30.1. The third kappa shape index (κ3) is 3.72. The first kappa shape index (κ1) is 17.1. The van der Waals surface area contributed by atoms with Crippen LogP contribution in [0.5, 0.6) is 0 Å². The maximum absolute atomic E-state index is 12.5. The Hall–Kier alpha value is -1.30.